The molecule has 0 bridgehead atoms. The van der Waals surface area contributed by atoms with Crippen molar-refractivity contribution in [3.63, 3.8) is 0 Å². The van der Waals surface area contributed by atoms with Crippen LogP contribution in [0.25, 0.3) is 0 Å². The second-order valence-corrected chi connectivity index (χ2v) is 5.27. The lowest BCUT2D eigenvalue weighted by Gasteiger charge is -2.18. The molecule has 0 unspecified atom stereocenters. The Balaban J connectivity index is 2.46. The largest absolute Gasteiger partial charge is 0.295 e. The molecule has 0 heterocycles. The van der Waals surface area contributed by atoms with Crippen molar-refractivity contribution in [1.82, 2.24) is 0 Å². The Morgan fingerprint density at radius 1 is 1.27 bits per heavy atom. The first-order valence-electron chi connectivity index (χ1n) is 6.31. The zero-order valence-electron chi connectivity index (χ0n) is 10.4. The average molecular weight is 208 g/mol. The van der Waals surface area contributed by atoms with Crippen LogP contribution in [0.2, 0.25) is 0 Å². The lowest BCUT2D eigenvalue weighted by atomic mass is 9.87. The predicted molar refractivity (Wildman–Crippen MR) is 64.8 cm³/mol. The summed E-state index contributed by atoms with van der Waals surface area (Å²) < 4.78 is 0. The molecule has 1 aliphatic rings. The predicted octanol–water partition coefficient (Wildman–Crippen LogP) is 4.13. The summed E-state index contributed by atoms with van der Waals surface area (Å²) in [5, 5.41) is 0. The summed E-state index contributed by atoms with van der Waals surface area (Å²) in [5.41, 5.74) is 0.996. The molecule has 1 rings (SSSR count). The van der Waals surface area contributed by atoms with Gasteiger partial charge in [-0.2, -0.15) is 0 Å². The maximum absolute atomic E-state index is 11.8. The smallest absolute Gasteiger partial charge is 0.158 e. The third kappa shape index (κ3) is 4.63. The normalized spacial score (nSPS) is 19.6. The van der Waals surface area contributed by atoms with E-state index in [1.54, 1.807) is 0 Å². The molecule has 86 valence electrons. The SMILES string of the molecule is C/C(=C\C1CCCCC1)C(=O)CC(C)C. The van der Waals surface area contributed by atoms with E-state index >= 15 is 0 Å². The Hall–Kier alpha value is -0.590. The van der Waals surface area contributed by atoms with E-state index < -0.39 is 0 Å². The maximum Gasteiger partial charge on any atom is 0.158 e. The number of hydrogen-bond donors (Lipinski definition) is 0. The number of Topliss-reactive ketones (excluding diaryl/α,β-unsaturated/α-hetero) is 1. The Bertz CT molecular complexity index is 232. The van der Waals surface area contributed by atoms with Crippen molar-refractivity contribution in [2.45, 2.75) is 59.3 Å². The lowest BCUT2D eigenvalue weighted by Crippen LogP contribution is -2.08. The quantitative estimate of drug-likeness (QED) is 0.635. The second kappa shape index (κ2) is 6.09. The van der Waals surface area contributed by atoms with E-state index in [4.69, 9.17) is 0 Å². The number of allylic oxidation sites excluding steroid dienone is 2. The highest BCUT2D eigenvalue weighted by Crippen LogP contribution is 2.26. The van der Waals surface area contributed by atoms with Crippen LogP contribution < -0.4 is 0 Å². The molecule has 0 aromatic rings. The monoisotopic (exact) mass is 208 g/mol. The van der Waals surface area contributed by atoms with Crippen molar-refractivity contribution >= 4 is 5.78 Å². The molecule has 1 heteroatoms. The summed E-state index contributed by atoms with van der Waals surface area (Å²) in [7, 11) is 0. The summed E-state index contributed by atoms with van der Waals surface area (Å²) >= 11 is 0. The van der Waals surface area contributed by atoms with Gasteiger partial charge in [-0.15, -0.1) is 0 Å². The van der Waals surface area contributed by atoms with Gasteiger partial charge in [0.1, 0.15) is 0 Å². The molecular formula is C14H24O. The van der Waals surface area contributed by atoms with E-state index in [1.165, 1.54) is 32.1 Å². The van der Waals surface area contributed by atoms with Crippen LogP contribution in [0.4, 0.5) is 0 Å². The van der Waals surface area contributed by atoms with Crippen LogP contribution in [0.3, 0.4) is 0 Å². The van der Waals surface area contributed by atoms with Gasteiger partial charge in [0.25, 0.3) is 0 Å². The molecule has 0 N–H and O–H groups in total. The lowest BCUT2D eigenvalue weighted by molar-refractivity contribution is -0.116. The van der Waals surface area contributed by atoms with Crippen molar-refractivity contribution < 1.29 is 4.79 Å². The van der Waals surface area contributed by atoms with E-state index in [0.717, 1.165) is 5.57 Å². The Morgan fingerprint density at radius 2 is 1.87 bits per heavy atom. The first-order chi connectivity index (χ1) is 7.09. The molecule has 0 aliphatic heterocycles. The number of rotatable bonds is 4. The molecule has 1 nitrogen and oxygen atoms in total. The van der Waals surface area contributed by atoms with E-state index in [1.807, 2.05) is 6.92 Å². The van der Waals surface area contributed by atoms with Crippen LogP contribution >= 0.6 is 0 Å². The third-order valence-electron chi connectivity index (χ3n) is 3.17. The summed E-state index contributed by atoms with van der Waals surface area (Å²) in [6.45, 7) is 6.19. The number of carbonyl (C=O) groups excluding carboxylic acids is 1. The van der Waals surface area contributed by atoms with E-state index in [0.29, 0.717) is 24.0 Å². The van der Waals surface area contributed by atoms with Gasteiger partial charge < -0.3 is 0 Å². The Labute approximate surface area is 93.9 Å². The minimum Gasteiger partial charge on any atom is -0.295 e. The van der Waals surface area contributed by atoms with Gasteiger partial charge in [-0.25, -0.2) is 0 Å². The Kier molecular flexibility index (Phi) is 5.07. The topological polar surface area (TPSA) is 17.1 Å². The first-order valence-corrected chi connectivity index (χ1v) is 6.31. The van der Waals surface area contributed by atoms with Crippen LogP contribution in [0.1, 0.15) is 59.3 Å². The highest BCUT2D eigenvalue weighted by Gasteiger charge is 2.13. The molecule has 15 heavy (non-hydrogen) atoms. The number of ketones is 1. The molecule has 0 atom stereocenters. The zero-order chi connectivity index (χ0) is 11.3. The molecule has 1 fully saturated rings. The standard InChI is InChI=1S/C14H24O/c1-11(2)9-14(15)12(3)10-13-7-5-4-6-8-13/h10-11,13H,4-9H2,1-3H3/b12-10+. The highest BCUT2D eigenvalue weighted by molar-refractivity contribution is 5.94. The maximum atomic E-state index is 11.8. The van der Waals surface area contributed by atoms with Gasteiger partial charge in [0.15, 0.2) is 5.78 Å². The van der Waals surface area contributed by atoms with Gasteiger partial charge in [0.05, 0.1) is 0 Å². The Morgan fingerprint density at radius 3 is 2.40 bits per heavy atom. The van der Waals surface area contributed by atoms with Crippen molar-refractivity contribution in [2.75, 3.05) is 0 Å². The minimum atomic E-state index is 0.343. The molecule has 1 aliphatic carbocycles. The average Bonchev–Trinajstić information content (AvgIpc) is 2.18. The zero-order valence-corrected chi connectivity index (χ0v) is 10.4. The fourth-order valence-corrected chi connectivity index (χ4v) is 2.28. The second-order valence-electron chi connectivity index (χ2n) is 5.27. The van der Waals surface area contributed by atoms with Crippen LogP contribution in [-0.2, 0) is 4.79 Å². The highest BCUT2D eigenvalue weighted by atomic mass is 16.1. The van der Waals surface area contributed by atoms with E-state index in [2.05, 4.69) is 19.9 Å². The summed E-state index contributed by atoms with van der Waals surface area (Å²) in [5.74, 6) is 1.50. The van der Waals surface area contributed by atoms with Crippen LogP contribution in [0.5, 0.6) is 0 Å². The van der Waals surface area contributed by atoms with Crippen molar-refractivity contribution in [1.29, 1.82) is 0 Å². The van der Waals surface area contributed by atoms with Crippen molar-refractivity contribution in [3.8, 4) is 0 Å². The summed E-state index contributed by atoms with van der Waals surface area (Å²) in [4.78, 5) is 11.8. The fourth-order valence-electron chi connectivity index (χ4n) is 2.28. The molecule has 0 spiro atoms. The van der Waals surface area contributed by atoms with Crippen LogP contribution in [-0.4, -0.2) is 5.78 Å². The van der Waals surface area contributed by atoms with Crippen LogP contribution in [0.15, 0.2) is 11.6 Å². The van der Waals surface area contributed by atoms with E-state index in [9.17, 15) is 4.79 Å². The number of carbonyl (C=O) groups is 1. The fraction of sp³-hybridized carbons (Fsp3) is 0.786. The molecular weight excluding hydrogens is 184 g/mol. The van der Waals surface area contributed by atoms with Crippen molar-refractivity contribution in [3.05, 3.63) is 11.6 Å². The molecule has 0 saturated heterocycles. The third-order valence-corrected chi connectivity index (χ3v) is 3.17. The van der Waals surface area contributed by atoms with E-state index in [-0.39, 0.29) is 0 Å². The van der Waals surface area contributed by atoms with Gasteiger partial charge in [-0.3, -0.25) is 4.79 Å². The van der Waals surface area contributed by atoms with Crippen molar-refractivity contribution in [2.24, 2.45) is 11.8 Å². The van der Waals surface area contributed by atoms with Gasteiger partial charge in [0, 0.05) is 6.42 Å². The van der Waals surface area contributed by atoms with Gasteiger partial charge in [-0.1, -0.05) is 39.2 Å². The van der Waals surface area contributed by atoms with Crippen LogP contribution in [0, 0.1) is 11.8 Å². The number of hydrogen-bond acceptors (Lipinski definition) is 1. The summed E-state index contributed by atoms with van der Waals surface area (Å²) in [6, 6.07) is 0. The molecule has 1 saturated carbocycles. The van der Waals surface area contributed by atoms with Gasteiger partial charge in [-0.05, 0) is 37.2 Å². The molecule has 0 amide bonds. The summed E-state index contributed by atoms with van der Waals surface area (Å²) in [6.07, 6.45) is 9.56. The molecule has 0 aromatic carbocycles. The molecule has 0 radical (unpaired) electrons. The molecule has 0 aromatic heterocycles. The minimum absolute atomic E-state index is 0.343. The first kappa shape index (κ1) is 12.5. The van der Waals surface area contributed by atoms with Gasteiger partial charge >= 0.3 is 0 Å². The van der Waals surface area contributed by atoms with Gasteiger partial charge in [0.2, 0.25) is 0 Å².